The Labute approximate surface area is 170 Å². The third-order valence-corrected chi connectivity index (χ3v) is 4.86. The van der Waals surface area contributed by atoms with Crippen LogP contribution in [0.5, 0.6) is 0 Å². The maximum Gasteiger partial charge on any atom is 0.182 e. The van der Waals surface area contributed by atoms with E-state index in [1.807, 2.05) is 31.3 Å². The van der Waals surface area contributed by atoms with E-state index in [2.05, 4.69) is 20.3 Å². The van der Waals surface area contributed by atoms with Crippen molar-refractivity contribution in [3.8, 4) is 33.9 Å². The second-order valence-corrected chi connectivity index (χ2v) is 6.85. The van der Waals surface area contributed by atoms with Gasteiger partial charge >= 0.3 is 0 Å². The number of pyridine rings is 1. The topological polar surface area (TPSA) is 78.0 Å². The highest BCUT2D eigenvalue weighted by Gasteiger charge is 2.15. The van der Waals surface area contributed by atoms with E-state index in [4.69, 9.17) is 0 Å². The van der Waals surface area contributed by atoms with E-state index in [-0.39, 0.29) is 5.82 Å². The number of aromatic nitrogens is 6. The van der Waals surface area contributed by atoms with E-state index in [9.17, 15) is 9.18 Å². The molecule has 0 spiro atoms. The summed E-state index contributed by atoms with van der Waals surface area (Å²) in [6, 6.07) is 15.7. The van der Waals surface area contributed by atoms with Crippen LogP contribution in [-0.2, 0) is 7.05 Å². The molecule has 0 bridgehead atoms. The molecule has 0 aliphatic rings. The van der Waals surface area contributed by atoms with E-state index in [1.165, 1.54) is 12.1 Å². The third kappa shape index (κ3) is 3.04. The van der Waals surface area contributed by atoms with Gasteiger partial charge in [-0.1, -0.05) is 24.3 Å². The van der Waals surface area contributed by atoms with Crippen LogP contribution in [0.15, 0.2) is 67.1 Å². The van der Waals surface area contributed by atoms with Gasteiger partial charge in [-0.15, -0.1) is 15.3 Å². The molecule has 5 aromatic rings. The van der Waals surface area contributed by atoms with Crippen LogP contribution in [-0.4, -0.2) is 35.6 Å². The number of fused-ring (bicyclic) bond motifs is 1. The Balaban J connectivity index is 1.63. The quantitative estimate of drug-likeness (QED) is 0.430. The highest BCUT2D eigenvalue weighted by Crippen LogP contribution is 2.33. The number of carbonyl (C=O) groups is 1. The second kappa shape index (κ2) is 7.00. The van der Waals surface area contributed by atoms with E-state index in [0.29, 0.717) is 28.4 Å². The van der Waals surface area contributed by atoms with Gasteiger partial charge in [-0.25, -0.2) is 13.9 Å². The Morgan fingerprint density at radius 1 is 1.00 bits per heavy atom. The predicted molar refractivity (Wildman–Crippen MR) is 109 cm³/mol. The number of benzene rings is 2. The third-order valence-electron chi connectivity index (χ3n) is 4.86. The van der Waals surface area contributed by atoms with E-state index < -0.39 is 0 Å². The van der Waals surface area contributed by atoms with Crippen molar-refractivity contribution in [2.45, 2.75) is 0 Å². The number of aryl methyl sites for hydroxylation is 1. The van der Waals surface area contributed by atoms with Gasteiger partial charge in [0.2, 0.25) is 0 Å². The molecule has 146 valence electrons. The van der Waals surface area contributed by atoms with E-state index >= 15 is 0 Å². The lowest BCUT2D eigenvalue weighted by molar-refractivity contribution is 0.112. The van der Waals surface area contributed by atoms with Crippen LogP contribution in [0.2, 0.25) is 0 Å². The van der Waals surface area contributed by atoms with Crippen molar-refractivity contribution in [2.24, 2.45) is 7.05 Å². The molecular formula is C22H15FN6O. The average molecular weight is 398 g/mol. The second-order valence-electron chi connectivity index (χ2n) is 6.85. The van der Waals surface area contributed by atoms with Gasteiger partial charge in [-0.3, -0.25) is 4.79 Å². The Hall–Kier alpha value is -4.20. The predicted octanol–water partition coefficient (Wildman–Crippen LogP) is 3.81. The molecule has 5 rings (SSSR count). The zero-order valence-corrected chi connectivity index (χ0v) is 15.9. The minimum Gasteiger partial charge on any atom is -0.317 e. The molecule has 0 N–H and O–H groups in total. The molecule has 0 aliphatic carbocycles. The minimum atomic E-state index is -0.346. The SMILES string of the molecule is Cn1cnnc1-c1cc(F)ccc1-c1cccc(-c2nc3ccc(C=O)cn3n2)c1. The molecule has 0 fully saturated rings. The van der Waals surface area contributed by atoms with Gasteiger partial charge in [0.25, 0.3) is 0 Å². The zero-order chi connectivity index (χ0) is 20.7. The maximum atomic E-state index is 14.0. The lowest BCUT2D eigenvalue weighted by Gasteiger charge is -2.10. The Morgan fingerprint density at radius 2 is 1.87 bits per heavy atom. The zero-order valence-electron chi connectivity index (χ0n) is 15.9. The Kier molecular flexibility index (Phi) is 4.17. The van der Waals surface area contributed by atoms with Crippen molar-refractivity contribution in [1.29, 1.82) is 0 Å². The largest absolute Gasteiger partial charge is 0.317 e. The fourth-order valence-electron chi connectivity index (χ4n) is 3.40. The van der Waals surface area contributed by atoms with Crippen molar-refractivity contribution in [3.05, 3.63) is 78.5 Å². The number of carbonyl (C=O) groups excluding carboxylic acids is 1. The van der Waals surface area contributed by atoms with Crippen molar-refractivity contribution >= 4 is 11.9 Å². The molecule has 30 heavy (non-hydrogen) atoms. The first-order valence-corrected chi connectivity index (χ1v) is 9.19. The smallest absolute Gasteiger partial charge is 0.182 e. The number of halogens is 1. The van der Waals surface area contributed by atoms with Crippen LogP contribution >= 0.6 is 0 Å². The maximum absolute atomic E-state index is 14.0. The number of rotatable bonds is 4. The summed E-state index contributed by atoms with van der Waals surface area (Å²) >= 11 is 0. The molecule has 0 aliphatic heterocycles. The normalized spacial score (nSPS) is 11.1. The van der Waals surface area contributed by atoms with Gasteiger partial charge in [-0.2, -0.15) is 0 Å². The van der Waals surface area contributed by atoms with Gasteiger partial charge < -0.3 is 4.57 Å². The summed E-state index contributed by atoms with van der Waals surface area (Å²) in [6.45, 7) is 0. The van der Waals surface area contributed by atoms with Crippen molar-refractivity contribution in [1.82, 2.24) is 29.4 Å². The Bertz CT molecular complexity index is 1400. The van der Waals surface area contributed by atoms with Crippen molar-refractivity contribution in [2.75, 3.05) is 0 Å². The Morgan fingerprint density at radius 3 is 2.67 bits per heavy atom. The standard InChI is InChI=1S/C22H15FN6O/c1-28-13-24-26-22(28)19-10-17(23)6-7-18(19)15-3-2-4-16(9-15)21-25-20-8-5-14(12-30)11-29(20)27-21/h2-13H,1H3. The molecule has 0 atom stereocenters. The molecule has 7 nitrogen and oxygen atoms in total. The first-order valence-electron chi connectivity index (χ1n) is 9.19. The van der Waals surface area contributed by atoms with Crippen LogP contribution in [0.1, 0.15) is 10.4 Å². The fraction of sp³-hybridized carbons (Fsp3) is 0.0455. The molecule has 0 saturated heterocycles. The molecule has 2 aromatic carbocycles. The van der Waals surface area contributed by atoms with Gasteiger partial charge in [0, 0.05) is 29.9 Å². The first-order chi connectivity index (χ1) is 14.6. The molecule has 0 amide bonds. The molecular weight excluding hydrogens is 383 g/mol. The number of aldehydes is 1. The molecule has 3 aromatic heterocycles. The van der Waals surface area contributed by atoms with Crippen LogP contribution in [0, 0.1) is 5.82 Å². The molecule has 0 saturated carbocycles. The lowest BCUT2D eigenvalue weighted by Crippen LogP contribution is -1.95. The summed E-state index contributed by atoms with van der Waals surface area (Å²) in [5.41, 5.74) is 4.30. The molecule has 3 heterocycles. The lowest BCUT2D eigenvalue weighted by atomic mass is 9.97. The number of hydrogen-bond donors (Lipinski definition) is 0. The summed E-state index contributed by atoms with van der Waals surface area (Å²) in [5, 5.41) is 12.5. The van der Waals surface area contributed by atoms with Gasteiger partial charge in [-0.05, 0) is 41.5 Å². The van der Waals surface area contributed by atoms with Gasteiger partial charge in [0.15, 0.2) is 23.6 Å². The first kappa shape index (κ1) is 17.9. The minimum absolute atomic E-state index is 0.346. The number of nitrogens with zero attached hydrogens (tertiary/aromatic N) is 6. The van der Waals surface area contributed by atoms with Crippen molar-refractivity contribution < 1.29 is 9.18 Å². The van der Waals surface area contributed by atoms with Crippen LogP contribution < -0.4 is 0 Å². The summed E-state index contributed by atoms with van der Waals surface area (Å²) in [7, 11) is 1.81. The highest BCUT2D eigenvalue weighted by molar-refractivity contribution is 5.82. The number of hydrogen-bond acceptors (Lipinski definition) is 5. The summed E-state index contributed by atoms with van der Waals surface area (Å²) in [5.74, 6) is 0.755. The van der Waals surface area contributed by atoms with E-state index in [1.54, 1.807) is 39.8 Å². The highest BCUT2D eigenvalue weighted by atomic mass is 19.1. The fourth-order valence-corrected chi connectivity index (χ4v) is 3.40. The van der Waals surface area contributed by atoms with Gasteiger partial charge in [0.1, 0.15) is 12.1 Å². The summed E-state index contributed by atoms with van der Waals surface area (Å²) in [6.07, 6.45) is 3.98. The molecule has 0 unspecified atom stereocenters. The summed E-state index contributed by atoms with van der Waals surface area (Å²) < 4.78 is 17.3. The molecule has 8 heteroatoms. The summed E-state index contributed by atoms with van der Waals surface area (Å²) in [4.78, 5) is 15.5. The van der Waals surface area contributed by atoms with Gasteiger partial charge in [0.05, 0.1) is 0 Å². The average Bonchev–Trinajstić information content (AvgIpc) is 3.39. The van der Waals surface area contributed by atoms with Crippen LogP contribution in [0.4, 0.5) is 4.39 Å². The monoisotopic (exact) mass is 398 g/mol. The van der Waals surface area contributed by atoms with Crippen LogP contribution in [0.3, 0.4) is 0 Å². The van der Waals surface area contributed by atoms with Crippen LogP contribution in [0.25, 0.3) is 39.5 Å². The van der Waals surface area contributed by atoms with Crippen molar-refractivity contribution in [3.63, 3.8) is 0 Å². The molecule has 0 radical (unpaired) electrons. The van der Waals surface area contributed by atoms with E-state index in [0.717, 1.165) is 23.0 Å².